The second-order valence-corrected chi connectivity index (χ2v) is 7.71. The highest BCUT2D eigenvalue weighted by Gasteiger charge is 2.47. The summed E-state index contributed by atoms with van der Waals surface area (Å²) >= 11 is 7.25. The summed E-state index contributed by atoms with van der Waals surface area (Å²) < 4.78 is 0. The molecule has 0 spiro atoms. The number of aliphatic hydroxyl groups excluding tert-OH is 1. The van der Waals surface area contributed by atoms with Crippen LogP contribution in [0.15, 0.2) is 65.7 Å². The van der Waals surface area contributed by atoms with Gasteiger partial charge in [0.2, 0.25) is 0 Å². The fraction of sp³-hybridized carbons (Fsp3) is 0.0952. The summed E-state index contributed by atoms with van der Waals surface area (Å²) in [6.45, 7) is 1.93. The third-order valence-electron chi connectivity index (χ3n) is 4.58. The number of anilines is 1. The number of amides is 1. The van der Waals surface area contributed by atoms with E-state index in [4.69, 9.17) is 11.6 Å². The number of carbonyl (C=O) groups is 2. The van der Waals surface area contributed by atoms with Crippen LogP contribution in [0, 0.1) is 6.92 Å². The topological polar surface area (TPSA) is 70.5 Å². The minimum Gasteiger partial charge on any atom is -0.507 e. The van der Waals surface area contributed by atoms with Crippen LogP contribution in [0.5, 0.6) is 0 Å². The van der Waals surface area contributed by atoms with Crippen molar-refractivity contribution in [2.45, 2.75) is 13.0 Å². The van der Waals surface area contributed by atoms with Crippen LogP contribution < -0.4 is 4.90 Å². The molecule has 1 amide bonds. The van der Waals surface area contributed by atoms with Crippen molar-refractivity contribution in [2.24, 2.45) is 0 Å². The van der Waals surface area contributed by atoms with Crippen molar-refractivity contribution in [3.63, 3.8) is 0 Å². The molecule has 0 radical (unpaired) electrons. The molecule has 1 unspecified atom stereocenters. The lowest BCUT2D eigenvalue weighted by Gasteiger charge is -2.23. The Bertz CT molecular complexity index is 1070. The molecule has 1 aliphatic heterocycles. The number of hydrogen-bond donors (Lipinski definition) is 1. The number of carbonyl (C=O) groups excluding carboxylic acids is 2. The van der Waals surface area contributed by atoms with Crippen LogP contribution in [0.1, 0.15) is 22.7 Å². The van der Waals surface area contributed by atoms with Gasteiger partial charge in [0.15, 0.2) is 5.13 Å². The Morgan fingerprint density at radius 3 is 2.39 bits per heavy atom. The Labute approximate surface area is 170 Å². The fourth-order valence-electron chi connectivity index (χ4n) is 3.19. The normalized spacial score (nSPS) is 18.6. The summed E-state index contributed by atoms with van der Waals surface area (Å²) in [6, 6.07) is 13.2. The second kappa shape index (κ2) is 7.22. The van der Waals surface area contributed by atoms with Gasteiger partial charge in [0.05, 0.1) is 11.6 Å². The van der Waals surface area contributed by atoms with Crippen molar-refractivity contribution in [3.8, 4) is 0 Å². The minimum absolute atomic E-state index is 0.0337. The van der Waals surface area contributed by atoms with Gasteiger partial charge in [-0.1, -0.05) is 53.6 Å². The molecule has 1 saturated heterocycles. The van der Waals surface area contributed by atoms with E-state index in [1.54, 1.807) is 48.0 Å². The van der Waals surface area contributed by atoms with E-state index in [0.29, 0.717) is 21.3 Å². The molecule has 4 rings (SSSR count). The van der Waals surface area contributed by atoms with E-state index in [2.05, 4.69) is 4.98 Å². The molecule has 1 fully saturated rings. The Hall–Kier alpha value is -2.96. The first-order chi connectivity index (χ1) is 13.5. The van der Waals surface area contributed by atoms with Gasteiger partial charge in [-0.2, -0.15) is 0 Å². The average molecular weight is 411 g/mol. The van der Waals surface area contributed by atoms with Gasteiger partial charge in [-0.3, -0.25) is 14.5 Å². The molecule has 2 aromatic carbocycles. The highest BCUT2D eigenvalue weighted by molar-refractivity contribution is 7.14. The zero-order valence-electron chi connectivity index (χ0n) is 14.8. The Balaban J connectivity index is 1.93. The van der Waals surface area contributed by atoms with Crippen LogP contribution in [-0.2, 0) is 9.59 Å². The van der Waals surface area contributed by atoms with Crippen molar-refractivity contribution in [2.75, 3.05) is 4.90 Å². The van der Waals surface area contributed by atoms with Crippen LogP contribution in [0.4, 0.5) is 5.13 Å². The van der Waals surface area contributed by atoms with Crippen LogP contribution in [0.3, 0.4) is 0 Å². The summed E-state index contributed by atoms with van der Waals surface area (Å²) in [5.41, 5.74) is 2.19. The molecule has 1 aromatic heterocycles. The highest BCUT2D eigenvalue weighted by atomic mass is 35.5. The standard InChI is InChI=1S/C21H15ClN2O3S/c1-12-2-4-14(5-3-12)18(25)16-17(13-6-8-15(22)9-7-13)24(20(27)19(16)26)21-23-10-11-28-21/h2-11,17,25H,1H3. The zero-order chi connectivity index (χ0) is 19.8. The SMILES string of the molecule is Cc1ccc(C(O)=C2C(=O)C(=O)N(c3nccs3)C2c2ccc(Cl)cc2)cc1. The molecule has 3 aromatic rings. The Morgan fingerprint density at radius 2 is 1.79 bits per heavy atom. The lowest BCUT2D eigenvalue weighted by atomic mass is 9.95. The summed E-state index contributed by atoms with van der Waals surface area (Å²) in [6.07, 6.45) is 1.57. The Kier molecular flexibility index (Phi) is 4.75. The third-order valence-corrected chi connectivity index (χ3v) is 5.60. The lowest BCUT2D eigenvalue weighted by Crippen LogP contribution is -2.29. The van der Waals surface area contributed by atoms with E-state index in [0.717, 1.165) is 5.56 Å². The first-order valence-corrected chi connectivity index (χ1v) is 9.76. The molecule has 1 N–H and O–H groups in total. The van der Waals surface area contributed by atoms with Crippen LogP contribution in [0.2, 0.25) is 5.02 Å². The maximum Gasteiger partial charge on any atom is 0.301 e. The van der Waals surface area contributed by atoms with Gasteiger partial charge in [-0.25, -0.2) is 4.98 Å². The first kappa shape index (κ1) is 18.4. The van der Waals surface area contributed by atoms with Crippen LogP contribution in [0.25, 0.3) is 5.76 Å². The molecular formula is C21H15ClN2O3S. The number of nitrogens with zero attached hydrogens (tertiary/aromatic N) is 2. The molecular weight excluding hydrogens is 396 g/mol. The maximum atomic E-state index is 12.9. The summed E-state index contributed by atoms with van der Waals surface area (Å²) in [4.78, 5) is 31.2. The average Bonchev–Trinajstić information content (AvgIpc) is 3.30. The van der Waals surface area contributed by atoms with Gasteiger partial charge in [0, 0.05) is 22.2 Å². The van der Waals surface area contributed by atoms with Crippen molar-refractivity contribution in [1.82, 2.24) is 4.98 Å². The second-order valence-electron chi connectivity index (χ2n) is 6.40. The predicted octanol–water partition coefficient (Wildman–Crippen LogP) is 4.73. The third kappa shape index (κ3) is 3.10. The predicted molar refractivity (Wildman–Crippen MR) is 110 cm³/mol. The Morgan fingerprint density at radius 1 is 1.11 bits per heavy atom. The van der Waals surface area contributed by atoms with E-state index in [-0.39, 0.29) is 11.3 Å². The van der Waals surface area contributed by atoms with Crippen molar-refractivity contribution in [1.29, 1.82) is 0 Å². The van der Waals surface area contributed by atoms with Crippen molar-refractivity contribution < 1.29 is 14.7 Å². The van der Waals surface area contributed by atoms with E-state index >= 15 is 0 Å². The lowest BCUT2D eigenvalue weighted by molar-refractivity contribution is -0.132. The number of hydrogen-bond acceptors (Lipinski definition) is 5. The van der Waals surface area contributed by atoms with E-state index in [1.165, 1.54) is 16.2 Å². The number of ketones is 1. The van der Waals surface area contributed by atoms with Gasteiger partial charge in [-0.15, -0.1) is 11.3 Å². The summed E-state index contributed by atoms with van der Waals surface area (Å²) in [5.74, 6) is -1.67. The van der Waals surface area contributed by atoms with Gasteiger partial charge in [0.25, 0.3) is 5.78 Å². The van der Waals surface area contributed by atoms with Gasteiger partial charge in [0.1, 0.15) is 5.76 Å². The fourth-order valence-corrected chi connectivity index (χ4v) is 3.99. The van der Waals surface area contributed by atoms with Crippen LogP contribution >= 0.6 is 22.9 Å². The molecule has 28 heavy (non-hydrogen) atoms. The number of aromatic nitrogens is 1. The smallest absolute Gasteiger partial charge is 0.301 e. The molecule has 0 saturated carbocycles. The molecule has 140 valence electrons. The quantitative estimate of drug-likeness (QED) is 0.385. The zero-order valence-corrected chi connectivity index (χ0v) is 16.4. The summed E-state index contributed by atoms with van der Waals surface area (Å²) in [5, 5.41) is 13.6. The van der Waals surface area contributed by atoms with Crippen molar-refractivity contribution >= 4 is 45.5 Å². The van der Waals surface area contributed by atoms with Crippen molar-refractivity contribution in [3.05, 3.63) is 87.4 Å². The van der Waals surface area contributed by atoms with Crippen LogP contribution in [-0.4, -0.2) is 21.8 Å². The summed E-state index contributed by atoms with van der Waals surface area (Å²) in [7, 11) is 0. The number of aryl methyl sites for hydroxylation is 1. The molecule has 0 aliphatic carbocycles. The molecule has 1 aliphatic rings. The minimum atomic E-state index is -0.787. The number of Topliss-reactive ketones (excluding diaryl/α,β-unsaturated/α-hetero) is 1. The number of halogens is 1. The van der Waals surface area contributed by atoms with Gasteiger partial charge >= 0.3 is 5.91 Å². The van der Waals surface area contributed by atoms with Gasteiger partial charge in [-0.05, 0) is 24.6 Å². The largest absolute Gasteiger partial charge is 0.507 e. The van der Waals surface area contributed by atoms with E-state index in [1.807, 2.05) is 19.1 Å². The van der Waals surface area contributed by atoms with E-state index in [9.17, 15) is 14.7 Å². The molecule has 2 heterocycles. The van der Waals surface area contributed by atoms with Gasteiger partial charge < -0.3 is 5.11 Å². The highest BCUT2D eigenvalue weighted by Crippen LogP contribution is 2.42. The molecule has 0 bridgehead atoms. The number of rotatable bonds is 3. The number of thiazole rings is 1. The maximum absolute atomic E-state index is 12.9. The monoisotopic (exact) mass is 410 g/mol. The molecule has 5 nitrogen and oxygen atoms in total. The molecule has 7 heteroatoms. The molecule has 1 atom stereocenters. The number of aliphatic hydroxyl groups is 1. The number of benzene rings is 2. The van der Waals surface area contributed by atoms with E-state index < -0.39 is 17.7 Å². The first-order valence-electron chi connectivity index (χ1n) is 8.50.